The maximum atomic E-state index is 12.7. The fourth-order valence-electron chi connectivity index (χ4n) is 2.04. The molecule has 5 nitrogen and oxygen atoms in total. The topological polar surface area (TPSA) is 47.5 Å². The van der Waals surface area contributed by atoms with Crippen LogP contribution in [0.1, 0.15) is 11.3 Å². The van der Waals surface area contributed by atoms with Crippen LogP contribution in [-0.2, 0) is 12.7 Å². The van der Waals surface area contributed by atoms with Crippen molar-refractivity contribution >= 4 is 5.82 Å². The lowest BCUT2D eigenvalue weighted by atomic mass is 10.2. The molecule has 124 valence electrons. The van der Waals surface area contributed by atoms with E-state index in [0.29, 0.717) is 18.0 Å². The molecule has 0 unspecified atom stereocenters. The molecule has 2 rings (SSSR count). The Kier molecular flexibility index (Phi) is 4.92. The van der Waals surface area contributed by atoms with E-state index in [1.807, 2.05) is 6.07 Å². The highest BCUT2D eigenvalue weighted by atomic mass is 19.4. The first-order valence-corrected chi connectivity index (χ1v) is 6.66. The second-order valence-corrected chi connectivity index (χ2v) is 4.80. The van der Waals surface area contributed by atoms with Crippen LogP contribution in [-0.4, -0.2) is 31.2 Å². The zero-order valence-electron chi connectivity index (χ0n) is 12.9. The molecule has 0 spiro atoms. The third-order valence-corrected chi connectivity index (χ3v) is 3.20. The maximum absolute atomic E-state index is 12.7. The molecule has 2 aromatic rings. The number of nitrogens with zero attached hydrogens (tertiary/aromatic N) is 3. The molecule has 0 atom stereocenters. The number of aromatic nitrogens is 2. The number of benzene rings is 1. The molecule has 0 aliphatic rings. The minimum Gasteiger partial charge on any atom is -0.493 e. The number of anilines is 1. The normalized spacial score (nSPS) is 11.2. The predicted molar refractivity (Wildman–Crippen MR) is 78.7 cm³/mol. The molecule has 0 saturated heterocycles. The summed E-state index contributed by atoms with van der Waals surface area (Å²) in [4.78, 5) is 8.73. The van der Waals surface area contributed by atoms with Gasteiger partial charge in [-0.3, -0.25) is 0 Å². The van der Waals surface area contributed by atoms with Crippen molar-refractivity contribution in [3.63, 3.8) is 0 Å². The van der Waals surface area contributed by atoms with Crippen LogP contribution in [0.3, 0.4) is 0 Å². The van der Waals surface area contributed by atoms with Gasteiger partial charge in [-0.1, -0.05) is 6.07 Å². The van der Waals surface area contributed by atoms with Crippen molar-refractivity contribution in [2.45, 2.75) is 12.7 Å². The molecule has 1 aromatic carbocycles. The number of hydrogen-bond acceptors (Lipinski definition) is 5. The van der Waals surface area contributed by atoms with Crippen LogP contribution in [0.5, 0.6) is 11.5 Å². The van der Waals surface area contributed by atoms with Gasteiger partial charge in [-0.05, 0) is 17.7 Å². The summed E-state index contributed by atoms with van der Waals surface area (Å²) in [6.07, 6.45) is -3.59. The average molecular weight is 327 g/mol. The zero-order valence-corrected chi connectivity index (χ0v) is 12.9. The van der Waals surface area contributed by atoms with Gasteiger partial charge in [0.25, 0.3) is 0 Å². The fraction of sp³-hybridized carbons (Fsp3) is 0.333. The van der Waals surface area contributed by atoms with E-state index in [0.717, 1.165) is 18.0 Å². The first-order chi connectivity index (χ1) is 10.8. The van der Waals surface area contributed by atoms with Gasteiger partial charge in [0.05, 0.1) is 14.2 Å². The summed E-state index contributed by atoms with van der Waals surface area (Å²) in [5.74, 6) is 1.32. The summed E-state index contributed by atoms with van der Waals surface area (Å²) in [6, 6.07) is 6.23. The van der Waals surface area contributed by atoms with E-state index in [4.69, 9.17) is 9.47 Å². The van der Waals surface area contributed by atoms with Crippen molar-refractivity contribution in [2.75, 3.05) is 26.2 Å². The third-order valence-electron chi connectivity index (χ3n) is 3.20. The maximum Gasteiger partial charge on any atom is 0.433 e. The summed E-state index contributed by atoms with van der Waals surface area (Å²) < 4.78 is 48.5. The lowest BCUT2D eigenvalue weighted by Gasteiger charge is -2.19. The fourth-order valence-corrected chi connectivity index (χ4v) is 2.04. The van der Waals surface area contributed by atoms with E-state index in [1.165, 1.54) is 14.2 Å². The van der Waals surface area contributed by atoms with Crippen LogP contribution in [0.4, 0.5) is 19.0 Å². The highest BCUT2D eigenvalue weighted by molar-refractivity contribution is 5.45. The van der Waals surface area contributed by atoms with Gasteiger partial charge in [0.1, 0.15) is 17.8 Å². The minimum atomic E-state index is -4.50. The first kappa shape index (κ1) is 16.9. The quantitative estimate of drug-likeness (QED) is 0.844. The summed E-state index contributed by atoms with van der Waals surface area (Å²) in [7, 11) is 4.70. The highest BCUT2D eigenvalue weighted by Crippen LogP contribution is 2.30. The van der Waals surface area contributed by atoms with Crippen molar-refractivity contribution in [2.24, 2.45) is 0 Å². The van der Waals surface area contributed by atoms with Gasteiger partial charge in [-0.25, -0.2) is 9.97 Å². The number of halogens is 3. The number of rotatable bonds is 5. The van der Waals surface area contributed by atoms with Crippen LogP contribution in [0.15, 0.2) is 30.6 Å². The van der Waals surface area contributed by atoms with Gasteiger partial charge in [0.2, 0.25) is 0 Å². The van der Waals surface area contributed by atoms with Crippen molar-refractivity contribution in [3.8, 4) is 11.5 Å². The first-order valence-electron chi connectivity index (χ1n) is 6.66. The van der Waals surface area contributed by atoms with Gasteiger partial charge in [0.15, 0.2) is 11.5 Å². The zero-order chi connectivity index (χ0) is 17.0. The molecule has 0 bridgehead atoms. The van der Waals surface area contributed by atoms with Crippen LogP contribution < -0.4 is 14.4 Å². The Hall–Kier alpha value is -2.51. The number of ether oxygens (including phenoxy) is 2. The number of alkyl halides is 3. The Labute approximate surface area is 131 Å². The third kappa shape index (κ3) is 4.02. The van der Waals surface area contributed by atoms with Gasteiger partial charge in [0, 0.05) is 19.7 Å². The molecule has 8 heteroatoms. The van der Waals surface area contributed by atoms with E-state index in [-0.39, 0.29) is 5.82 Å². The van der Waals surface area contributed by atoms with Gasteiger partial charge < -0.3 is 14.4 Å². The predicted octanol–water partition coefficient (Wildman–Crippen LogP) is 3.15. The molecule has 23 heavy (non-hydrogen) atoms. The van der Waals surface area contributed by atoms with Crippen LogP contribution in [0.2, 0.25) is 0 Å². The summed E-state index contributed by atoms with van der Waals surface area (Å²) >= 11 is 0. The summed E-state index contributed by atoms with van der Waals surface area (Å²) in [5.41, 5.74) is -0.126. The van der Waals surface area contributed by atoms with Crippen LogP contribution in [0.25, 0.3) is 0 Å². The molecule has 0 radical (unpaired) electrons. The lowest BCUT2D eigenvalue weighted by molar-refractivity contribution is -0.141. The molecular weight excluding hydrogens is 311 g/mol. The number of hydrogen-bond donors (Lipinski definition) is 0. The molecule has 1 aromatic heterocycles. The smallest absolute Gasteiger partial charge is 0.433 e. The van der Waals surface area contributed by atoms with Crippen molar-refractivity contribution in [1.29, 1.82) is 0 Å². The minimum absolute atomic E-state index is 0.183. The second-order valence-electron chi connectivity index (χ2n) is 4.80. The Morgan fingerprint density at radius 1 is 1.04 bits per heavy atom. The molecule has 0 N–H and O–H groups in total. The SMILES string of the molecule is COc1ccc(CN(C)c2cc(C(F)(F)F)ncn2)cc1OC. The summed E-state index contributed by atoms with van der Waals surface area (Å²) in [6.45, 7) is 0.356. The molecule has 0 fully saturated rings. The van der Waals surface area contributed by atoms with E-state index < -0.39 is 11.9 Å². The molecule has 0 amide bonds. The molecule has 1 heterocycles. The highest BCUT2D eigenvalue weighted by Gasteiger charge is 2.33. The molecule has 0 aliphatic heterocycles. The molecular formula is C15H16F3N3O2. The van der Waals surface area contributed by atoms with Crippen LogP contribution >= 0.6 is 0 Å². The van der Waals surface area contributed by atoms with Crippen molar-refractivity contribution < 1.29 is 22.6 Å². The van der Waals surface area contributed by atoms with Crippen molar-refractivity contribution in [1.82, 2.24) is 9.97 Å². The van der Waals surface area contributed by atoms with E-state index in [2.05, 4.69) is 9.97 Å². The Balaban J connectivity index is 2.21. The Morgan fingerprint density at radius 3 is 2.35 bits per heavy atom. The van der Waals surface area contributed by atoms with Crippen molar-refractivity contribution in [3.05, 3.63) is 41.9 Å². The monoisotopic (exact) mass is 327 g/mol. The van der Waals surface area contributed by atoms with E-state index in [9.17, 15) is 13.2 Å². The Morgan fingerprint density at radius 2 is 1.74 bits per heavy atom. The molecule has 0 aliphatic carbocycles. The van der Waals surface area contributed by atoms with E-state index >= 15 is 0 Å². The largest absolute Gasteiger partial charge is 0.493 e. The van der Waals surface area contributed by atoms with E-state index in [1.54, 1.807) is 24.1 Å². The lowest BCUT2D eigenvalue weighted by Crippen LogP contribution is -2.19. The van der Waals surface area contributed by atoms with Gasteiger partial charge >= 0.3 is 6.18 Å². The average Bonchev–Trinajstić information content (AvgIpc) is 2.54. The summed E-state index contributed by atoms with van der Waals surface area (Å²) in [5, 5.41) is 0. The standard InChI is InChI=1S/C15H16F3N3O2/c1-21(14-7-13(15(16,17)18)19-9-20-14)8-10-4-5-11(22-2)12(6-10)23-3/h4-7,9H,8H2,1-3H3. The van der Waals surface area contributed by atoms with Gasteiger partial charge in [-0.2, -0.15) is 13.2 Å². The number of methoxy groups -OCH3 is 2. The van der Waals surface area contributed by atoms with Gasteiger partial charge in [-0.15, -0.1) is 0 Å². The molecule has 0 saturated carbocycles. The van der Waals surface area contributed by atoms with Crippen LogP contribution in [0, 0.1) is 0 Å². The Bertz CT molecular complexity index is 677. The second kappa shape index (κ2) is 6.72.